The average Bonchev–Trinajstić information content (AvgIpc) is 3.22. The maximum absolute atomic E-state index is 15.5. The highest BCUT2D eigenvalue weighted by Crippen LogP contribution is 2.41. The van der Waals surface area contributed by atoms with Crippen molar-refractivity contribution in [1.82, 2.24) is 4.90 Å². The third-order valence-corrected chi connectivity index (χ3v) is 6.56. The van der Waals surface area contributed by atoms with Crippen LogP contribution < -0.4 is 19.1 Å². The highest BCUT2D eigenvalue weighted by molar-refractivity contribution is 6.06. The van der Waals surface area contributed by atoms with Gasteiger partial charge in [-0.05, 0) is 43.0 Å². The Morgan fingerprint density at radius 3 is 2.16 bits per heavy atom. The normalized spacial score (nSPS) is 13.0. The van der Waals surface area contributed by atoms with Crippen LogP contribution in [0.5, 0.6) is 17.2 Å². The number of amidine groups is 1. The number of fused-ring (bicyclic) bond motifs is 1. The molecular formula is C30H35F4N3O7. The zero-order chi connectivity index (χ0) is 33.1. The van der Waals surface area contributed by atoms with Crippen molar-refractivity contribution in [2.45, 2.75) is 52.8 Å². The molecule has 44 heavy (non-hydrogen) atoms. The number of carbonyl (C=O) groups excluding carboxylic acids is 3. The van der Waals surface area contributed by atoms with Gasteiger partial charge in [0, 0.05) is 31.8 Å². The van der Waals surface area contributed by atoms with Crippen molar-refractivity contribution in [3.63, 3.8) is 0 Å². The van der Waals surface area contributed by atoms with E-state index < -0.39 is 41.7 Å². The highest BCUT2D eigenvalue weighted by Gasteiger charge is 2.42. The Bertz CT molecular complexity index is 1470. The minimum Gasteiger partial charge on any atom is -0.490 e. The molecule has 1 aliphatic heterocycles. The van der Waals surface area contributed by atoms with Crippen molar-refractivity contribution in [2.75, 3.05) is 45.4 Å². The summed E-state index contributed by atoms with van der Waals surface area (Å²) in [6.45, 7) is 8.11. The molecule has 0 fully saturated rings. The maximum atomic E-state index is 15.5. The molecule has 0 bridgehead atoms. The Morgan fingerprint density at radius 1 is 0.977 bits per heavy atom. The van der Waals surface area contributed by atoms with E-state index in [2.05, 4.69) is 4.74 Å². The van der Waals surface area contributed by atoms with E-state index in [9.17, 15) is 27.6 Å². The molecule has 240 valence electrons. The minimum atomic E-state index is -5.35. The zero-order valence-corrected chi connectivity index (χ0v) is 25.5. The largest absolute Gasteiger partial charge is 0.491 e. The third kappa shape index (κ3) is 7.40. The van der Waals surface area contributed by atoms with Crippen LogP contribution in [0.3, 0.4) is 0 Å². The second kappa shape index (κ2) is 13.1. The fourth-order valence-electron chi connectivity index (χ4n) is 4.56. The summed E-state index contributed by atoms with van der Waals surface area (Å²) in [5, 5.41) is 8.62. The molecule has 0 unspecified atom stereocenters. The number of nitrogens with zero attached hydrogens (tertiary/aromatic N) is 2. The molecule has 0 spiro atoms. The number of alkyl halides is 3. The lowest BCUT2D eigenvalue weighted by Gasteiger charge is -2.28. The van der Waals surface area contributed by atoms with Crippen molar-refractivity contribution in [2.24, 2.45) is 0 Å². The van der Waals surface area contributed by atoms with Gasteiger partial charge in [0.2, 0.25) is 0 Å². The first-order valence-electron chi connectivity index (χ1n) is 13.7. The van der Waals surface area contributed by atoms with E-state index in [1.54, 1.807) is 59.7 Å². The smallest absolute Gasteiger partial charge is 0.490 e. The number of nitrogens with one attached hydrogen (secondary N) is 1. The summed E-state index contributed by atoms with van der Waals surface area (Å²) in [5.74, 6) is -5.33. The quantitative estimate of drug-likeness (QED) is 0.159. The van der Waals surface area contributed by atoms with Crippen molar-refractivity contribution >= 4 is 29.2 Å². The molecule has 0 aromatic heterocycles. The van der Waals surface area contributed by atoms with Crippen LogP contribution in [0.4, 0.5) is 23.2 Å². The van der Waals surface area contributed by atoms with Gasteiger partial charge in [-0.2, -0.15) is 13.2 Å². The van der Waals surface area contributed by atoms with Crippen LogP contribution in [-0.4, -0.2) is 75.1 Å². The van der Waals surface area contributed by atoms with Crippen LogP contribution in [0.1, 0.15) is 61.7 Å². The van der Waals surface area contributed by atoms with Crippen molar-refractivity contribution in [3.8, 4) is 17.2 Å². The number of esters is 2. The fourth-order valence-corrected chi connectivity index (χ4v) is 4.56. The van der Waals surface area contributed by atoms with Crippen molar-refractivity contribution in [1.29, 1.82) is 5.41 Å². The molecular weight excluding hydrogens is 590 g/mol. The van der Waals surface area contributed by atoms with Crippen LogP contribution >= 0.6 is 0 Å². The molecule has 0 amide bonds. The van der Waals surface area contributed by atoms with Crippen LogP contribution in [0, 0.1) is 11.2 Å². The Labute approximate surface area is 252 Å². The number of halogens is 4. The first-order valence-corrected chi connectivity index (χ1v) is 13.7. The number of benzene rings is 2. The van der Waals surface area contributed by atoms with Gasteiger partial charge < -0.3 is 28.7 Å². The van der Waals surface area contributed by atoms with Gasteiger partial charge in [-0.15, -0.1) is 0 Å². The van der Waals surface area contributed by atoms with Gasteiger partial charge in [0.05, 0.1) is 31.0 Å². The summed E-state index contributed by atoms with van der Waals surface area (Å²) in [6, 6.07) is 4.62. The van der Waals surface area contributed by atoms with Gasteiger partial charge in [-0.1, -0.05) is 20.8 Å². The molecule has 1 N–H and O–H groups in total. The van der Waals surface area contributed by atoms with E-state index in [0.717, 1.165) is 0 Å². The highest BCUT2D eigenvalue weighted by atomic mass is 19.4. The number of rotatable bonds is 11. The Hall–Kier alpha value is -4.36. The van der Waals surface area contributed by atoms with E-state index in [4.69, 9.17) is 19.6 Å². The second-order valence-electron chi connectivity index (χ2n) is 11.1. The van der Waals surface area contributed by atoms with Gasteiger partial charge in [0.15, 0.2) is 29.7 Å². The Kier molecular flexibility index (Phi) is 10.2. The lowest BCUT2D eigenvalue weighted by molar-refractivity contribution is -0.202. The molecule has 2 aromatic rings. The third-order valence-electron chi connectivity index (χ3n) is 6.56. The molecule has 0 atom stereocenters. The van der Waals surface area contributed by atoms with E-state index >= 15 is 4.39 Å². The van der Waals surface area contributed by atoms with E-state index in [1.165, 1.54) is 17.0 Å². The van der Waals surface area contributed by atoms with Crippen LogP contribution in [-0.2, 0) is 26.3 Å². The molecule has 3 rings (SSSR count). The summed E-state index contributed by atoms with van der Waals surface area (Å²) < 4.78 is 73.3. The number of carbonyl (C=O) groups is 3. The average molecular weight is 626 g/mol. The lowest BCUT2D eigenvalue weighted by Crippen LogP contribution is -2.31. The zero-order valence-electron chi connectivity index (χ0n) is 25.5. The number of anilines is 1. The monoisotopic (exact) mass is 625 g/mol. The SMILES string of the molecule is CCOc1cc2c(c(F)c1OCC)C(=N)N(CC(=O)c1cc(N(C)C)c(OCC(=O)OC(=O)C(F)(F)F)c(C(C)(C)C)c1)C2. The number of hydrogen-bond acceptors (Lipinski definition) is 9. The number of Topliss-reactive ketones (excluding diaryl/α,β-unsaturated/α-hetero) is 1. The second-order valence-corrected chi connectivity index (χ2v) is 11.1. The standard InChI is InChI=1S/C30H35F4N3O7/c1-8-41-21-12-17-13-37(27(35)23(17)24(31)26(21)42-9-2)14-20(38)16-10-18(29(3,4)5)25(19(11-16)36(6)7)43-15-22(39)44-28(40)30(32,33)34/h10-12,35H,8-9,13-15H2,1-7H3. The molecule has 10 nitrogen and oxygen atoms in total. The van der Waals surface area contributed by atoms with Crippen molar-refractivity contribution in [3.05, 3.63) is 46.3 Å². The number of ether oxygens (including phenoxy) is 4. The first-order chi connectivity index (χ1) is 20.4. The Balaban J connectivity index is 1.92. The summed E-state index contributed by atoms with van der Waals surface area (Å²) in [6.07, 6.45) is -5.35. The van der Waals surface area contributed by atoms with Crippen LogP contribution in [0.15, 0.2) is 18.2 Å². The molecule has 0 aliphatic carbocycles. The van der Waals surface area contributed by atoms with Crippen molar-refractivity contribution < 1.29 is 50.9 Å². The Morgan fingerprint density at radius 2 is 1.61 bits per heavy atom. The van der Waals surface area contributed by atoms with E-state index in [-0.39, 0.29) is 60.5 Å². The molecule has 2 aromatic carbocycles. The van der Waals surface area contributed by atoms with E-state index in [1.807, 2.05) is 0 Å². The molecule has 0 saturated heterocycles. The summed E-state index contributed by atoms with van der Waals surface area (Å²) in [5.41, 5.74) is 0.785. The summed E-state index contributed by atoms with van der Waals surface area (Å²) >= 11 is 0. The molecule has 0 saturated carbocycles. The van der Waals surface area contributed by atoms with E-state index in [0.29, 0.717) is 16.8 Å². The van der Waals surface area contributed by atoms with Gasteiger partial charge in [0.25, 0.3) is 0 Å². The number of hydrogen-bond donors (Lipinski definition) is 1. The fraction of sp³-hybridized carbons (Fsp3) is 0.467. The topological polar surface area (TPSA) is 118 Å². The van der Waals surface area contributed by atoms with Gasteiger partial charge in [-0.3, -0.25) is 10.2 Å². The summed E-state index contributed by atoms with van der Waals surface area (Å²) in [7, 11) is 3.27. The van der Waals surface area contributed by atoms with Crippen LogP contribution in [0.25, 0.3) is 0 Å². The number of ketones is 1. The minimum absolute atomic E-state index is 0.0219. The predicted octanol–water partition coefficient (Wildman–Crippen LogP) is 5.02. The van der Waals surface area contributed by atoms with Gasteiger partial charge in [0.1, 0.15) is 11.6 Å². The molecule has 1 aliphatic rings. The first kappa shape index (κ1) is 34.1. The van der Waals surface area contributed by atoms with Gasteiger partial charge >= 0.3 is 18.1 Å². The van der Waals surface area contributed by atoms with Gasteiger partial charge in [-0.25, -0.2) is 14.0 Å². The lowest BCUT2D eigenvalue weighted by atomic mass is 9.84. The van der Waals surface area contributed by atoms with Crippen LogP contribution in [0.2, 0.25) is 0 Å². The predicted molar refractivity (Wildman–Crippen MR) is 152 cm³/mol. The maximum Gasteiger partial charge on any atom is 0.491 e. The molecule has 14 heteroatoms. The summed E-state index contributed by atoms with van der Waals surface area (Å²) in [4.78, 5) is 39.6. The molecule has 0 radical (unpaired) electrons. The molecule has 1 heterocycles.